The third-order valence-electron chi connectivity index (χ3n) is 0.494. The Bertz CT molecular complexity index is 29.8. The first kappa shape index (κ1) is 5.88. The Labute approximate surface area is 36.4 Å². The van der Waals surface area contributed by atoms with Crippen LogP contribution in [0, 0.1) is 0 Å². The minimum atomic E-state index is -1.09. The van der Waals surface area contributed by atoms with Gasteiger partial charge >= 0.3 is 0 Å². The lowest BCUT2D eigenvalue weighted by atomic mass is 10.4. The summed E-state index contributed by atoms with van der Waals surface area (Å²) in [7, 11) is 0. The van der Waals surface area contributed by atoms with E-state index < -0.39 is 12.3 Å². The molecule has 0 fully saturated rings. The third-order valence-corrected chi connectivity index (χ3v) is 0.494. The van der Waals surface area contributed by atoms with E-state index in [9.17, 15) is 0 Å². The van der Waals surface area contributed by atoms with Crippen LogP contribution in [0.25, 0.3) is 0 Å². The highest BCUT2D eigenvalue weighted by Gasteiger charge is 2.00. The van der Waals surface area contributed by atoms with Crippen molar-refractivity contribution in [2.75, 3.05) is 0 Å². The fourth-order valence-corrected chi connectivity index (χ4v) is 0. The summed E-state index contributed by atoms with van der Waals surface area (Å²) in [6.45, 7) is 1.42. The van der Waals surface area contributed by atoms with Gasteiger partial charge in [-0.3, -0.25) is 0 Å². The average Bonchev–Trinajstić information content (AvgIpc) is 1.36. The van der Waals surface area contributed by atoms with Gasteiger partial charge in [0.2, 0.25) is 0 Å². The quantitative estimate of drug-likeness (QED) is 0.349. The molecule has 0 bridgehead atoms. The van der Waals surface area contributed by atoms with Crippen molar-refractivity contribution >= 4 is 0 Å². The number of aliphatic hydroxyl groups excluding tert-OH is 2. The Balaban J connectivity index is 2.99. The molecule has 0 aliphatic rings. The normalized spacial score (nSPS) is 20.0. The molecule has 0 aromatic heterocycles. The molecule has 0 spiro atoms. The second-order valence-corrected chi connectivity index (χ2v) is 1.23. The van der Waals surface area contributed by atoms with E-state index in [2.05, 4.69) is 0 Å². The van der Waals surface area contributed by atoms with Gasteiger partial charge in [-0.15, -0.1) is 0 Å². The molecule has 0 amide bonds. The summed E-state index contributed by atoms with van der Waals surface area (Å²) in [4.78, 5) is 0. The minimum absolute atomic E-state index is 0.815. The van der Waals surface area contributed by atoms with Gasteiger partial charge < -0.3 is 15.9 Å². The second kappa shape index (κ2) is 2.12. The highest BCUT2D eigenvalue weighted by atomic mass is 16.3. The summed E-state index contributed by atoms with van der Waals surface area (Å²) in [5, 5.41) is 16.4. The summed E-state index contributed by atoms with van der Waals surface area (Å²) in [5.41, 5.74) is 4.74. The largest absolute Gasteiger partial charge is 0.389 e. The van der Waals surface area contributed by atoms with Crippen LogP contribution in [0.4, 0.5) is 0 Å². The molecule has 0 aliphatic carbocycles. The van der Waals surface area contributed by atoms with Gasteiger partial charge in [0.15, 0.2) is 0 Å². The van der Waals surface area contributed by atoms with E-state index in [0.29, 0.717) is 0 Å². The lowest BCUT2D eigenvalue weighted by molar-refractivity contribution is 0.0359. The molecule has 1 unspecified atom stereocenters. The van der Waals surface area contributed by atoms with Gasteiger partial charge in [0.25, 0.3) is 0 Å². The average molecular weight is 91.1 g/mol. The summed E-state index contributed by atoms with van der Waals surface area (Å²) in [6, 6.07) is 0. The van der Waals surface area contributed by atoms with Crippen LogP contribution in [-0.4, -0.2) is 22.5 Å². The van der Waals surface area contributed by atoms with Crippen molar-refractivity contribution in [2.24, 2.45) is 5.73 Å². The molecule has 0 heterocycles. The molecule has 3 nitrogen and oxygen atoms in total. The van der Waals surface area contributed by atoms with E-state index in [0.717, 1.165) is 0 Å². The number of nitrogens with two attached hydrogens (primary N) is 1. The highest BCUT2D eigenvalue weighted by molar-refractivity contribution is 4.48. The maximum Gasteiger partial charge on any atom is 0.128 e. The maximum atomic E-state index is 8.25. The van der Waals surface area contributed by atoms with Crippen molar-refractivity contribution in [1.82, 2.24) is 0 Å². The lowest BCUT2D eigenvalue weighted by Crippen LogP contribution is -2.31. The first-order chi connectivity index (χ1) is 2.64. The van der Waals surface area contributed by atoms with E-state index in [1.54, 1.807) is 0 Å². The van der Waals surface area contributed by atoms with Crippen LogP contribution >= 0.6 is 0 Å². The minimum Gasteiger partial charge on any atom is -0.389 e. The van der Waals surface area contributed by atoms with Crippen LogP contribution in [0.2, 0.25) is 0 Å². The van der Waals surface area contributed by atoms with E-state index in [1.165, 1.54) is 6.92 Å². The standard InChI is InChI=1S/C3H9NO2/c1-2(5)3(4)6/h2-3,5-6H,4H2,1H3/t2?,3-/m1/s1. The molecule has 0 aromatic rings. The van der Waals surface area contributed by atoms with Crippen LogP contribution in [-0.2, 0) is 0 Å². The summed E-state index contributed by atoms with van der Waals surface area (Å²) >= 11 is 0. The Kier molecular flexibility index (Phi) is 2.08. The van der Waals surface area contributed by atoms with Crippen molar-refractivity contribution in [3.8, 4) is 0 Å². The summed E-state index contributed by atoms with van der Waals surface area (Å²) < 4.78 is 0. The molecule has 0 rings (SSSR count). The zero-order valence-corrected chi connectivity index (χ0v) is 3.63. The van der Waals surface area contributed by atoms with Gasteiger partial charge in [-0.1, -0.05) is 0 Å². The smallest absolute Gasteiger partial charge is 0.128 e. The molecule has 3 heteroatoms. The van der Waals surface area contributed by atoms with Crippen LogP contribution in [0.15, 0.2) is 0 Å². The molecule has 38 valence electrons. The van der Waals surface area contributed by atoms with Crippen molar-refractivity contribution < 1.29 is 10.2 Å². The van der Waals surface area contributed by atoms with Crippen LogP contribution < -0.4 is 5.73 Å². The summed E-state index contributed by atoms with van der Waals surface area (Å²) in [5.74, 6) is 0. The number of hydrogen-bond acceptors (Lipinski definition) is 3. The van der Waals surface area contributed by atoms with Gasteiger partial charge in [0.05, 0.1) is 6.10 Å². The molecule has 0 saturated carbocycles. The fraction of sp³-hybridized carbons (Fsp3) is 1.00. The molecule has 0 aromatic carbocycles. The third kappa shape index (κ3) is 2.14. The van der Waals surface area contributed by atoms with Crippen molar-refractivity contribution in [3.05, 3.63) is 0 Å². The Hall–Kier alpha value is -0.120. The van der Waals surface area contributed by atoms with Gasteiger partial charge in [0.1, 0.15) is 6.23 Å². The van der Waals surface area contributed by atoms with Crippen LogP contribution in [0.1, 0.15) is 6.92 Å². The van der Waals surface area contributed by atoms with E-state index in [-0.39, 0.29) is 0 Å². The Morgan fingerprint density at radius 1 is 1.50 bits per heavy atom. The number of rotatable bonds is 1. The van der Waals surface area contributed by atoms with Crippen LogP contribution in [0.3, 0.4) is 0 Å². The zero-order chi connectivity index (χ0) is 5.15. The van der Waals surface area contributed by atoms with Crippen molar-refractivity contribution in [3.63, 3.8) is 0 Å². The number of hydrogen-bond donors (Lipinski definition) is 3. The highest BCUT2D eigenvalue weighted by Crippen LogP contribution is 1.78. The lowest BCUT2D eigenvalue weighted by Gasteiger charge is -2.03. The van der Waals surface area contributed by atoms with Crippen LogP contribution in [0.5, 0.6) is 0 Å². The van der Waals surface area contributed by atoms with E-state index in [4.69, 9.17) is 15.9 Å². The van der Waals surface area contributed by atoms with E-state index in [1.807, 2.05) is 0 Å². The monoisotopic (exact) mass is 91.1 g/mol. The molecule has 0 radical (unpaired) electrons. The Morgan fingerprint density at radius 2 is 1.67 bits per heavy atom. The molecule has 4 N–H and O–H groups in total. The molecule has 6 heavy (non-hydrogen) atoms. The first-order valence-electron chi connectivity index (χ1n) is 1.76. The first-order valence-corrected chi connectivity index (χ1v) is 1.76. The zero-order valence-electron chi connectivity index (χ0n) is 3.63. The van der Waals surface area contributed by atoms with Crippen molar-refractivity contribution in [1.29, 1.82) is 0 Å². The number of aliphatic hydroxyl groups is 2. The topological polar surface area (TPSA) is 66.5 Å². The van der Waals surface area contributed by atoms with Gasteiger partial charge in [0, 0.05) is 0 Å². The predicted molar refractivity (Wildman–Crippen MR) is 21.9 cm³/mol. The Morgan fingerprint density at radius 3 is 1.67 bits per heavy atom. The van der Waals surface area contributed by atoms with Gasteiger partial charge in [-0.05, 0) is 6.92 Å². The molecular formula is C3H9NO2. The molecule has 2 atom stereocenters. The molecular weight excluding hydrogens is 82.0 g/mol. The molecule has 0 aliphatic heterocycles. The van der Waals surface area contributed by atoms with Crippen molar-refractivity contribution in [2.45, 2.75) is 19.3 Å². The second-order valence-electron chi connectivity index (χ2n) is 1.23. The maximum absolute atomic E-state index is 8.25. The summed E-state index contributed by atoms with van der Waals surface area (Å²) in [6.07, 6.45) is -1.91. The molecule has 0 saturated heterocycles. The van der Waals surface area contributed by atoms with E-state index >= 15 is 0 Å². The fourth-order valence-electron chi connectivity index (χ4n) is 0. The van der Waals surface area contributed by atoms with Gasteiger partial charge in [-0.25, -0.2) is 0 Å². The predicted octanol–water partition coefficient (Wildman–Crippen LogP) is -1.36. The van der Waals surface area contributed by atoms with Gasteiger partial charge in [-0.2, -0.15) is 0 Å². The SMILES string of the molecule is CC(O)[C@H](N)O.